The maximum absolute atomic E-state index is 13.6. The van der Waals surface area contributed by atoms with E-state index in [1.165, 1.54) is 12.3 Å². The summed E-state index contributed by atoms with van der Waals surface area (Å²) in [6, 6.07) is 11.3. The first-order valence-electron chi connectivity index (χ1n) is 10.6. The van der Waals surface area contributed by atoms with Gasteiger partial charge in [0.15, 0.2) is 0 Å². The molecule has 2 aromatic heterocycles. The summed E-state index contributed by atoms with van der Waals surface area (Å²) >= 11 is 0. The molecule has 0 radical (unpaired) electrons. The minimum atomic E-state index is -3.11. The molecule has 3 heterocycles. The number of nitrogens with one attached hydrogen (secondary N) is 1. The smallest absolute Gasteiger partial charge is 0.268 e. The van der Waals surface area contributed by atoms with Crippen molar-refractivity contribution in [3.8, 4) is 6.07 Å². The fourth-order valence-electron chi connectivity index (χ4n) is 3.77. The third kappa shape index (κ3) is 5.07. The Morgan fingerprint density at radius 1 is 1.24 bits per heavy atom. The van der Waals surface area contributed by atoms with Crippen LogP contribution in [0.25, 0.3) is 23.1 Å². The van der Waals surface area contributed by atoms with Gasteiger partial charge < -0.3 is 10.2 Å². The Balaban J connectivity index is 1.50. The number of halogens is 2. The van der Waals surface area contributed by atoms with E-state index in [-0.39, 0.29) is 0 Å². The molecule has 1 aliphatic heterocycles. The molecule has 1 atom stereocenters. The molecule has 1 saturated heterocycles. The molecule has 1 N–H and O–H groups in total. The predicted molar refractivity (Wildman–Crippen MR) is 123 cm³/mol. The summed E-state index contributed by atoms with van der Waals surface area (Å²) in [6.07, 6.45) is 6.28. The third-order valence-corrected chi connectivity index (χ3v) is 5.53. The number of benzene rings is 1. The van der Waals surface area contributed by atoms with Gasteiger partial charge in [0.1, 0.15) is 6.04 Å². The zero-order chi connectivity index (χ0) is 24.3. The average molecular weight is 461 g/mol. The maximum atomic E-state index is 13.6. The lowest BCUT2D eigenvalue weighted by Crippen LogP contribution is -2.43. The van der Waals surface area contributed by atoms with Crippen molar-refractivity contribution in [2.75, 3.05) is 13.1 Å². The highest BCUT2D eigenvalue weighted by molar-refractivity contribution is 6.07. The van der Waals surface area contributed by atoms with E-state index in [1.807, 2.05) is 37.3 Å². The van der Waals surface area contributed by atoms with E-state index in [0.29, 0.717) is 16.5 Å². The van der Waals surface area contributed by atoms with Gasteiger partial charge in [-0.2, -0.15) is 5.26 Å². The van der Waals surface area contributed by atoms with Crippen LogP contribution in [0.3, 0.4) is 0 Å². The SMILES string of the molecule is Cc1ccc(C=Cc2ccc3nccc(C(=O)NCC(=O)N4CC(F)(F)CC4C#N)c3c2)nc1. The van der Waals surface area contributed by atoms with Crippen molar-refractivity contribution in [1.29, 1.82) is 5.26 Å². The van der Waals surface area contributed by atoms with Crippen LogP contribution in [0.4, 0.5) is 8.78 Å². The molecule has 3 aromatic rings. The number of carbonyl (C=O) groups excluding carboxylic acids is 2. The topological polar surface area (TPSA) is 99.0 Å². The first kappa shape index (κ1) is 23.0. The highest BCUT2D eigenvalue weighted by atomic mass is 19.3. The van der Waals surface area contributed by atoms with E-state index < -0.39 is 43.3 Å². The van der Waals surface area contributed by atoms with Crippen molar-refractivity contribution in [3.63, 3.8) is 0 Å². The average Bonchev–Trinajstić information content (AvgIpc) is 3.16. The van der Waals surface area contributed by atoms with E-state index in [2.05, 4.69) is 15.3 Å². The van der Waals surface area contributed by atoms with Gasteiger partial charge in [0.2, 0.25) is 5.91 Å². The number of fused-ring (bicyclic) bond motifs is 1. The number of hydrogen-bond donors (Lipinski definition) is 1. The summed E-state index contributed by atoms with van der Waals surface area (Å²) in [5, 5.41) is 12.1. The second-order valence-corrected chi connectivity index (χ2v) is 8.14. The molecule has 0 spiro atoms. The standard InChI is InChI=1S/C25H21F2N5O2/c1-16-2-5-18(30-13-16)6-3-17-4-7-22-21(10-17)20(8-9-29-22)24(34)31-14-23(33)32-15-25(26,27)11-19(32)12-28/h2-10,13,19H,11,14-15H2,1H3,(H,31,34). The first-order valence-corrected chi connectivity index (χ1v) is 10.6. The minimum absolute atomic E-state index is 0.296. The van der Waals surface area contributed by atoms with E-state index in [0.717, 1.165) is 21.7 Å². The van der Waals surface area contributed by atoms with Crippen LogP contribution < -0.4 is 5.32 Å². The lowest BCUT2D eigenvalue weighted by molar-refractivity contribution is -0.131. The number of likely N-dealkylation sites (tertiary alicyclic amines) is 1. The number of aromatic nitrogens is 2. The summed E-state index contributed by atoms with van der Waals surface area (Å²) in [5.74, 6) is -4.38. The van der Waals surface area contributed by atoms with Gasteiger partial charge in [-0.3, -0.25) is 19.6 Å². The van der Waals surface area contributed by atoms with Crippen molar-refractivity contribution < 1.29 is 18.4 Å². The lowest BCUT2D eigenvalue weighted by Gasteiger charge is -2.19. The molecule has 0 aliphatic carbocycles. The Labute approximate surface area is 194 Å². The number of pyridine rings is 2. The Bertz CT molecular complexity index is 1320. The van der Waals surface area contributed by atoms with Gasteiger partial charge >= 0.3 is 0 Å². The van der Waals surface area contributed by atoms with Crippen LogP contribution in [0.15, 0.2) is 48.8 Å². The van der Waals surface area contributed by atoms with Crippen molar-refractivity contribution >= 4 is 34.9 Å². The number of aryl methyl sites for hydroxylation is 1. The van der Waals surface area contributed by atoms with Crippen LogP contribution in [0, 0.1) is 18.3 Å². The molecule has 1 fully saturated rings. The molecular weight excluding hydrogens is 440 g/mol. The fourth-order valence-corrected chi connectivity index (χ4v) is 3.77. The molecular formula is C25H21F2N5O2. The molecule has 9 heteroatoms. The zero-order valence-corrected chi connectivity index (χ0v) is 18.3. The van der Waals surface area contributed by atoms with E-state index in [1.54, 1.807) is 24.4 Å². The lowest BCUT2D eigenvalue weighted by atomic mass is 10.0. The summed E-state index contributed by atoms with van der Waals surface area (Å²) < 4.78 is 27.2. The van der Waals surface area contributed by atoms with E-state index in [9.17, 15) is 18.4 Å². The molecule has 4 rings (SSSR count). The largest absolute Gasteiger partial charge is 0.343 e. The fraction of sp³-hybridized carbons (Fsp3) is 0.240. The summed E-state index contributed by atoms with van der Waals surface area (Å²) in [4.78, 5) is 34.6. The van der Waals surface area contributed by atoms with Crippen molar-refractivity contribution in [2.45, 2.75) is 25.3 Å². The Hall–Kier alpha value is -4.19. The molecule has 172 valence electrons. The third-order valence-electron chi connectivity index (χ3n) is 5.53. The molecule has 7 nitrogen and oxygen atoms in total. The highest BCUT2D eigenvalue weighted by Gasteiger charge is 2.47. The molecule has 1 unspecified atom stereocenters. The molecule has 0 saturated carbocycles. The Morgan fingerprint density at radius 2 is 2.06 bits per heavy atom. The molecule has 1 aliphatic rings. The minimum Gasteiger partial charge on any atom is -0.343 e. The number of nitriles is 1. The highest BCUT2D eigenvalue weighted by Crippen LogP contribution is 2.31. The van der Waals surface area contributed by atoms with E-state index >= 15 is 0 Å². The van der Waals surface area contributed by atoms with Gasteiger partial charge in [0, 0.05) is 24.2 Å². The number of hydrogen-bond acceptors (Lipinski definition) is 5. The van der Waals surface area contributed by atoms with Crippen LogP contribution in [-0.2, 0) is 4.79 Å². The van der Waals surface area contributed by atoms with Crippen molar-refractivity contribution in [2.24, 2.45) is 0 Å². The van der Waals surface area contributed by atoms with Gasteiger partial charge in [-0.05, 0) is 48.4 Å². The van der Waals surface area contributed by atoms with Crippen LogP contribution in [-0.4, -0.2) is 51.7 Å². The van der Waals surface area contributed by atoms with Gasteiger partial charge in [-0.15, -0.1) is 0 Å². The van der Waals surface area contributed by atoms with Gasteiger partial charge in [-0.1, -0.05) is 18.2 Å². The number of rotatable bonds is 5. The van der Waals surface area contributed by atoms with E-state index in [4.69, 9.17) is 5.26 Å². The summed E-state index contributed by atoms with van der Waals surface area (Å²) in [6.45, 7) is 0.637. The molecule has 1 aromatic carbocycles. The van der Waals surface area contributed by atoms with Crippen LogP contribution in [0.5, 0.6) is 0 Å². The number of amides is 2. The van der Waals surface area contributed by atoms with Gasteiger partial charge in [0.05, 0.1) is 35.9 Å². The quantitative estimate of drug-likeness (QED) is 0.626. The van der Waals surface area contributed by atoms with Crippen LogP contribution >= 0.6 is 0 Å². The Kier molecular flexibility index (Phi) is 6.32. The van der Waals surface area contributed by atoms with Crippen molar-refractivity contribution in [3.05, 3.63) is 71.2 Å². The van der Waals surface area contributed by atoms with Crippen molar-refractivity contribution in [1.82, 2.24) is 20.2 Å². The Morgan fingerprint density at radius 3 is 2.79 bits per heavy atom. The van der Waals surface area contributed by atoms with Gasteiger partial charge in [0.25, 0.3) is 11.8 Å². The number of carbonyl (C=O) groups is 2. The zero-order valence-electron chi connectivity index (χ0n) is 18.3. The van der Waals surface area contributed by atoms with Crippen LogP contribution in [0.2, 0.25) is 0 Å². The summed E-state index contributed by atoms with van der Waals surface area (Å²) in [5.41, 5.74) is 3.56. The second kappa shape index (κ2) is 9.35. The molecule has 0 bridgehead atoms. The maximum Gasteiger partial charge on any atom is 0.268 e. The normalized spacial score (nSPS) is 17.1. The monoisotopic (exact) mass is 461 g/mol. The number of alkyl halides is 2. The predicted octanol–water partition coefficient (Wildman–Crippen LogP) is 3.60. The molecule has 2 amide bonds. The molecule has 34 heavy (non-hydrogen) atoms. The van der Waals surface area contributed by atoms with Gasteiger partial charge in [-0.25, -0.2) is 8.78 Å². The first-order chi connectivity index (χ1) is 16.3. The second-order valence-electron chi connectivity index (χ2n) is 8.14. The summed E-state index contributed by atoms with van der Waals surface area (Å²) in [7, 11) is 0. The number of nitrogens with zero attached hydrogens (tertiary/aromatic N) is 4. The van der Waals surface area contributed by atoms with Crippen LogP contribution in [0.1, 0.15) is 33.6 Å².